The fraction of sp³-hybridized carbons (Fsp3) is 0.684. The van der Waals surface area contributed by atoms with E-state index in [1.165, 1.54) is 36.9 Å². The van der Waals surface area contributed by atoms with E-state index in [2.05, 4.69) is 64.2 Å². The predicted molar refractivity (Wildman–Crippen MR) is 88.2 cm³/mol. The highest BCUT2D eigenvalue weighted by molar-refractivity contribution is 5.27. The van der Waals surface area contributed by atoms with Gasteiger partial charge in [-0.15, -0.1) is 0 Å². The molecule has 0 heterocycles. The van der Waals surface area contributed by atoms with Crippen LogP contribution in [0.1, 0.15) is 58.6 Å². The Hall–Kier alpha value is -0.820. The quantitative estimate of drug-likeness (QED) is 0.801. The van der Waals surface area contributed by atoms with Crippen LogP contribution >= 0.6 is 0 Å². The molecular weight excluding hydrogens is 242 g/mol. The minimum absolute atomic E-state index is 0.253. The van der Waals surface area contributed by atoms with Gasteiger partial charge in [0.05, 0.1) is 0 Å². The summed E-state index contributed by atoms with van der Waals surface area (Å²) < 4.78 is 0. The summed E-state index contributed by atoms with van der Waals surface area (Å²) in [6, 6.07) is 10.1. The topological polar surface area (TPSA) is 12.0 Å². The van der Waals surface area contributed by atoms with E-state index in [1.807, 2.05) is 0 Å². The fourth-order valence-electron chi connectivity index (χ4n) is 2.59. The van der Waals surface area contributed by atoms with E-state index < -0.39 is 0 Å². The largest absolute Gasteiger partial charge is 0.314 e. The SMILES string of the molecule is CC(C)C(CNC1CC1)Cc1ccc(C(C)(C)C)cc1. The van der Waals surface area contributed by atoms with Crippen molar-refractivity contribution in [3.63, 3.8) is 0 Å². The van der Waals surface area contributed by atoms with Crippen LogP contribution in [0.4, 0.5) is 0 Å². The van der Waals surface area contributed by atoms with E-state index in [4.69, 9.17) is 0 Å². The number of rotatable bonds is 6. The Labute approximate surface area is 125 Å². The summed E-state index contributed by atoms with van der Waals surface area (Å²) in [7, 11) is 0. The molecule has 112 valence electrons. The van der Waals surface area contributed by atoms with Gasteiger partial charge in [0.2, 0.25) is 0 Å². The predicted octanol–water partition coefficient (Wildman–Crippen LogP) is 4.55. The molecule has 1 saturated carbocycles. The van der Waals surface area contributed by atoms with E-state index in [-0.39, 0.29) is 5.41 Å². The zero-order valence-corrected chi connectivity index (χ0v) is 13.9. The molecule has 1 heteroatoms. The van der Waals surface area contributed by atoms with Gasteiger partial charge in [-0.3, -0.25) is 0 Å². The lowest BCUT2D eigenvalue weighted by Gasteiger charge is -2.23. The summed E-state index contributed by atoms with van der Waals surface area (Å²) in [5.41, 5.74) is 3.16. The van der Waals surface area contributed by atoms with Crippen LogP contribution in [0, 0.1) is 11.8 Å². The van der Waals surface area contributed by atoms with Crippen LogP contribution in [0.2, 0.25) is 0 Å². The van der Waals surface area contributed by atoms with Gasteiger partial charge in [0.1, 0.15) is 0 Å². The minimum atomic E-state index is 0.253. The van der Waals surface area contributed by atoms with Crippen LogP contribution in [-0.2, 0) is 11.8 Å². The van der Waals surface area contributed by atoms with Crippen molar-refractivity contribution < 1.29 is 0 Å². The Balaban J connectivity index is 1.95. The second kappa shape index (κ2) is 6.30. The van der Waals surface area contributed by atoms with Crippen LogP contribution in [0.15, 0.2) is 24.3 Å². The lowest BCUT2D eigenvalue weighted by Crippen LogP contribution is -2.29. The standard InChI is InChI=1S/C19H31N/c1-14(2)16(13-20-18-10-11-18)12-15-6-8-17(9-7-15)19(3,4)5/h6-9,14,16,18,20H,10-13H2,1-5H3. The zero-order chi connectivity index (χ0) is 14.8. The van der Waals surface area contributed by atoms with E-state index in [0.29, 0.717) is 0 Å². The molecule has 0 aromatic heterocycles. The van der Waals surface area contributed by atoms with Crippen LogP contribution in [0.5, 0.6) is 0 Å². The Morgan fingerprint density at radius 3 is 2.15 bits per heavy atom. The van der Waals surface area contributed by atoms with Gasteiger partial charge >= 0.3 is 0 Å². The molecule has 0 radical (unpaired) electrons. The highest BCUT2D eigenvalue weighted by Gasteiger charge is 2.23. The van der Waals surface area contributed by atoms with E-state index in [9.17, 15) is 0 Å². The molecule has 1 aromatic rings. The first-order valence-corrected chi connectivity index (χ1v) is 8.19. The maximum atomic E-state index is 3.69. The molecular formula is C19H31N. The zero-order valence-electron chi connectivity index (χ0n) is 13.9. The summed E-state index contributed by atoms with van der Waals surface area (Å²) in [4.78, 5) is 0. The molecule has 1 fully saturated rings. The van der Waals surface area contributed by atoms with Crippen molar-refractivity contribution >= 4 is 0 Å². The number of hydrogen-bond donors (Lipinski definition) is 1. The maximum absolute atomic E-state index is 3.69. The highest BCUT2D eigenvalue weighted by atomic mass is 14.9. The molecule has 0 spiro atoms. The monoisotopic (exact) mass is 273 g/mol. The maximum Gasteiger partial charge on any atom is 0.00683 e. The van der Waals surface area contributed by atoms with Gasteiger partial charge < -0.3 is 5.32 Å². The van der Waals surface area contributed by atoms with Crippen molar-refractivity contribution in [2.45, 2.75) is 65.3 Å². The summed E-state index contributed by atoms with van der Waals surface area (Å²) in [6.07, 6.45) is 3.96. The van der Waals surface area contributed by atoms with Crippen molar-refractivity contribution in [3.05, 3.63) is 35.4 Å². The molecule has 0 saturated heterocycles. The number of benzene rings is 1. The number of hydrogen-bond acceptors (Lipinski definition) is 1. The highest BCUT2D eigenvalue weighted by Crippen LogP contribution is 2.25. The molecule has 1 aliphatic carbocycles. The molecule has 1 N–H and O–H groups in total. The lowest BCUT2D eigenvalue weighted by atomic mass is 9.84. The smallest absolute Gasteiger partial charge is 0.00683 e. The second-order valence-corrected chi connectivity index (χ2v) is 7.84. The molecule has 1 nitrogen and oxygen atoms in total. The second-order valence-electron chi connectivity index (χ2n) is 7.84. The molecule has 0 bridgehead atoms. The van der Waals surface area contributed by atoms with Crippen molar-refractivity contribution in [2.24, 2.45) is 11.8 Å². The van der Waals surface area contributed by atoms with Gasteiger partial charge in [0.25, 0.3) is 0 Å². The van der Waals surface area contributed by atoms with Crippen LogP contribution in [0.3, 0.4) is 0 Å². The van der Waals surface area contributed by atoms with Crippen LogP contribution in [-0.4, -0.2) is 12.6 Å². The fourth-order valence-corrected chi connectivity index (χ4v) is 2.59. The van der Waals surface area contributed by atoms with Gasteiger partial charge in [-0.1, -0.05) is 58.9 Å². The lowest BCUT2D eigenvalue weighted by molar-refractivity contribution is 0.359. The Morgan fingerprint density at radius 2 is 1.70 bits per heavy atom. The Bertz CT molecular complexity index is 406. The van der Waals surface area contributed by atoms with Crippen molar-refractivity contribution in [2.75, 3.05) is 6.54 Å². The molecule has 1 atom stereocenters. The summed E-state index contributed by atoms with van der Waals surface area (Å²) >= 11 is 0. The van der Waals surface area contributed by atoms with Gasteiger partial charge in [-0.05, 0) is 54.2 Å². The molecule has 2 rings (SSSR count). The van der Waals surface area contributed by atoms with Crippen LogP contribution in [0.25, 0.3) is 0 Å². The molecule has 0 aliphatic heterocycles. The summed E-state index contributed by atoms with van der Waals surface area (Å²) in [6.45, 7) is 12.7. The Morgan fingerprint density at radius 1 is 1.10 bits per heavy atom. The average molecular weight is 273 g/mol. The van der Waals surface area contributed by atoms with E-state index in [0.717, 1.165) is 17.9 Å². The van der Waals surface area contributed by atoms with E-state index >= 15 is 0 Å². The third-order valence-electron chi connectivity index (χ3n) is 4.51. The number of nitrogens with one attached hydrogen (secondary N) is 1. The third kappa shape index (κ3) is 4.63. The molecule has 1 unspecified atom stereocenters. The summed E-state index contributed by atoms with van der Waals surface area (Å²) in [5, 5.41) is 3.69. The van der Waals surface area contributed by atoms with Crippen molar-refractivity contribution in [1.82, 2.24) is 5.32 Å². The normalized spacial score (nSPS) is 17.5. The molecule has 1 aliphatic rings. The minimum Gasteiger partial charge on any atom is -0.314 e. The third-order valence-corrected chi connectivity index (χ3v) is 4.51. The van der Waals surface area contributed by atoms with Gasteiger partial charge in [-0.25, -0.2) is 0 Å². The first kappa shape index (κ1) is 15.6. The first-order chi connectivity index (χ1) is 9.36. The Kier molecular flexibility index (Phi) is 4.90. The van der Waals surface area contributed by atoms with Crippen LogP contribution < -0.4 is 5.32 Å². The molecule has 0 amide bonds. The van der Waals surface area contributed by atoms with Crippen molar-refractivity contribution in [3.8, 4) is 0 Å². The van der Waals surface area contributed by atoms with Gasteiger partial charge in [-0.2, -0.15) is 0 Å². The molecule has 20 heavy (non-hydrogen) atoms. The average Bonchev–Trinajstić information content (AvgIpc) is 3.17. The van der Waals surface area contributed by atoms with E-state index in [1.54, 1.807) is 0 Å². The summed E-state index contributed by atoms with van der Waals surface area (Å²) in [5.74, 6) is 1.49. The first-order valence-electron chi connectivity index (χ1n) is 8.19. The molecule has 1 aromatic carbocycles. The van der Waals surface area contributed by atoms with Gasteiger partial charge in [0.15, 0.2) is 0 Å². The van der Waals surface area contributed by atoms with Gasteiger partial charge in [0, 0.05) is 6.04 Å². The van der Waals surface area contributed by atoms with Crippen molar-refractivity contribution in [1.29, 1.82) is 0 Å².